The zero-order chi connectivity index (χ0) is 11.1. The Labute approximate surface area is 94.1 Å². The average molecular weight is 214 g/mol. The maximum Gasteiger partial charge on any atom is 0.0908 e. The van der Waals surface area contributed by atoms with Crippen LogP contribution in [-0.2, 0) is 20.1 Å². The normalized spacial score (nSPS) is 14.1. The molecule has 4 heteroatoms. The Balaban J connectivity index is 2.14. The van der Waals surface area contributed by atoms with Crippen molar-refractivity contribution in [3.8, 4) is 11.3 Å². The number of benzene rings is 1. The van der Waals surface area contributed by atoms with Crippen molar-refractivity contribution in [2.24, 2.45) is 7.05 Å². The number of nitrogens with two attached hydrogens (primary N) is 1. The SMILES string of the molecule is Cn1ncc(N)c1-c1ccc2c(c1)CNC2. The van der Waals surface area contributed by atoms with Crippen molar-refractivity contribution >= 4 is 5.69 Å². The molecule has 0 bridgehead atoms. The van der Waals surface area contributed by atoms with E-state index in [2.05, 4.69) is 28.6 Å². The van der Waals surface area contributed by atoms with Gasteiger partial charge in [0.25, 0.3) is 0 Å². The second-order valence-corrected chi connectivity index (χ2v) is 4.16. The smallest absolute Gasteiger partial charge is 0.0908 e. The molecule has 0 unspecified atom stereocenters. The molecule has 0 spiro atoms. The van der Waals surface area contributed by atoms with Gasteiger partial charge in [-0.1, -0.05) is 12.1 Å². The van der Waals surface area contributed by atoms with Crippen LogP contribution in [0.3, 0.4) is 0 Å². The summed E-state index contributed by atoms with van der Waals surface area (Å²) in [6.45, 7) is 1.91. The first-order chi connectivity index (χ1) is 7.75. The van der Waals surface area contributed by atoms with E-state index >= 15 is 0 Å². The topological polar surface area (TPSA) is 55.9 Å². The van der Waals surface area contributed by atoms with Crippen molar-refractivity contribution in [2.75, 3.05) is 5.73 Å². The van der Waals surface area contributed by atoms with Crippen LogP contribution in [0.5, 0.6) is 0 Å². The van der Waals surface area contributed by atoms with Crippen LogP contribution in [0.25, 0.3) is 11.3 Å². The molecule has 2 heterocycles. The van der Waals surface area contributed by atoms with Gasteiger partial charge in [-0.2, -0.15) is 5.10 Å². The van der Waals surface area contributed by atoms with Gasteiger partial charge in [-0.05, 0) is 17.2 Å². The fourth-order valence-electron chi connectivity index (χ4n) is 2.25. The number of aryl methyl sites for hydroxylation is 1. The van der Waals surface area contributed by atoms with Gasteiger partial charge in [-0.25, -0.2) is 0 Å². The molecule has 0 radical (unpaired) electrons. The van der Waals surface area contributed by atoms with E-state index in [0.717, 1.165) is 30.0 Å². The molecule has 1 aliphatic rings. The highest BCUT2D eigenvalue weighted by molar-refractivity contribution is 5.73. The Bertz CT molecular complexity index is 522. The number of aromatic nitrogens is 2. The van der Waals surface area contributed by atoms with E-state index in [0.29, 0.717) is 0 Å². The fraction of sp³-hybridized carbons (Fsp3) is 0.250. The van der Waals surface area contributed by atoms with Crippen molar-refractivity contribution in [1.29, 1.82) is 0 Å². The lowest BCUT2D eigenvalue weighted by Crippen LogP contribution is -2.00. The molecule has 0 fully saturated rings. The van der Waals surface area contributed by atoms with Crippen LogP contribution in [0.1, 0.15) is 11.1 Å². The minimum atomic E-state index is 0.730. The molecular formula is C12H14N4. The van der Waals surface area contributed by atoms with Gasteiger partial charge in [0.05, 0.1) is 17.6 Å². The predicted octanol–water partition coefficient (Wildman–Crippen LogP) is 1.27. The summed E-state index contributed by atoms with van der Waals surface area (Å²) in [5.74, 6) is 0. The van der Waals surface area contributed by atoms with E-state index in [1.54, 1.807) is 6.20 Å². The highest BCUT2D eigenvalue weighted by Gasteiger charge is 2.13. The molecule has 3 N–H and O–H groups in total. The Morgan fingerprint density at radius 3 is 2.88 bits per heavy atom. The van der Waals surface area contributed by atoms with Crippen LogP contribution in [0, 0.1) is 0 Å². The van der Waals surface area contributed by atoms with Gasteiger partial charge in [0.2, 0.25) is 0 Å². The molecule has 2 aromatic rings. The van der Waals surface area contributed by atoms with Crippen LogP contribution >= 0.6 is 0 Å². The summed E-state index contributed by atoms with van der Waals surface area (Å²) in [7, 11) is 1.91. The van der Waals surface area contributed by atoms with Crippen molar-refractivity contribution in [3.63, 3.8) is 0 Å². The maximum atomic E-state index is 5.92. The van der Waals surface area contributed by atoms with Gasteiger partial charge in [0, 0.05) is 25.7 Å². The van der Waals surface area contributed by atoms with E-state index in [4.69, 9.17) is 5.73 Å². The number of fused-ring (bicyclic) bond motifs is 1. The van der Waals surface area contributed by atoms with Gasteiger partial charge in [-0.3, -0.25) is 4.68 Å². The Morgan fingerprint density at radius 2 is 2.12 bits per heavy atom. The molecule has 1 aromatic heterocycles. The number of rotatable bonds is 1. The number of nitrogens with one attached hydrogen (secondary N) is 1. The third-order valence-corrected chi connectivity index (χ3v) is 3.08. The molecule has 16 heavy (non-hydrogen) atoms. The number of hydrogen-bond acceptors (Lipinski definition) is 3. The molecule has 4 nitrogen and oxygen atoms in total. The highest BCUT2D eigenvalue weighted by atomic mass is 15.3. The number of nitrogens with zero attached hydrogens (tertiary/aromatic N) is 2. The van der Waals surface area contributed by atoms with Crippen molar-refractivity contribution in [1.82, 2.24) is 15.1 Å². The van der Waals surface area contributed by atoms with E-state index in [9.17, 15) is 0 Å². The molecular weight excluding hydrogens is 200 g/mol. The van der Waals surface area contributed by atoms with Crippen LogP contribution in [0.15, 0.2) is 24.4 Å². The molecule has 3 rings (SSSR count). The van der Waals surface area contributed by atoms with Gasteiger partial charge in [-0.15, -0.1) is 0 Å². The largest absolute Gasteiger partial charge is 0.396 e. The summed E-state index contributed by atoms with van der Waals surface area (Å²) >= 11 is 0. The zero-order valence-corrected chi connectivity index (χ0v) is 9.20. The van der Waals surface area contributed by atoms with E-state index in [-0.39, 0.29) is 0 Å². The molecule has 0 saturated carbocycles. The number of hydrogen-bond donors (Lipinski definition) is 2. The summed E-state index contributed by atoms with van der Waals surface area (Å²) in [4.78, 5) is 0. The van der Waals surface area contributed by atoms with E-state index < -0.39 is 0 Å². The Kier molecular flexibility index (Phi) is 1.97. The summed E-state index contributed by atoms with van der Waals surface area (Å²) in [6.07, 6.45) is 1.70. The minimum Gasteiger partial charge on any atom is -0.396 e. The number of nitrogen functional groups attached to an aromatic ring is 1. The second-order valence-electron chi connectivity index (χ2n) is 4.16. The molecule has 0 aliphatic carbocycles. The van der Waals surface area contributed by atoms with Crippen molar-refractivity contribution < 1.29 is 0 Å². The fourth-order valence-corrected chi connectivity index (χ4v) is 2.25. The summed E-state index contributed by atoms with van der Waals surface area (Å²) in [5.41, 5.74) is 11.5. The summed E-state index contributed by atoms with van der Waals surface area (Å²) in [5, 5.41) is 7.50. The first-order valence-corrected chi connectivity index (χ1v) is 5.36. The van der Waals surface area contributed by atoms with Crippen molar-refractivity contribution in [2.45, 2.75) is 13.1 Å². The second kappa shape index (κ2) is 3.35. The van der Waals surface area contributed by atoms with Gasteiger partial charge < -0.3 is 11.1 Å². The molecule has 0 saturated heterocycles. The van der Waals surface area contributed by atoms with E-state index in [1.165, 1.54) is 11.1 Å². The summed E-state index contributed by atoms with van der Waals surface area (Å²) < 4.78 is 1.82. The Hall–Kier alpha value is -1.81. The molecule has 0 atom stereocenters. The van der Waals surface area contributed by atoms with Crippen LogP contribution < -0.4 is 11.1 Å². The van der Waals surface area contributed by atoms with Crippen LogP contribution in [0.4, 0.5) is 5.69 Å². The Morgan fingerprint density at radius 1 is 1.31 bits per heavy atom. The van der Waals surface area contributed by atoms with Gasteiger partial charge in [0.1, 0.15) is 0 Å². The lowest BCUT2D eigenvalue weighted by atomic mass is 10.0. The standard InChI is InChI=1S/C12H14N4/c1-16-12(11(13)7-15-16)8-2-3-9-5-14-6-10(9)4-8/h2-4,7,14H,5-6,13H2,1H3. The molecule has 82 valence electrons. The lowest BCUT2D eigenvalue weighted by Gasteiger charge is -2.06. The van der Waals surface area contributed by atoms with Crippen molar-refractivity contribution in [3.05, 3.63) is 35.5 Å². The first kappa shape index (κ1) is 9.42. The molecule has 1 aromatic carbocycles. The van der Waals surface area contributed by atoms with Crippen LogP contribution in [0.2, 0.25) is 0 Å². The van der Waals surface area contributed by atoms with E-state index in [1.807, 2.05) is 11.7 Å². The number of anilines is 1. The minimum absolute atomic E-state index is 0.730. The zero-order valence-electron chi connectivity index (χ0n) is 9.20. The monoisotopic (exact) mass is 214 g/mol. The lowest BCUT2D eigenvalue weighted by molar-refractivity contribution is 0.764. The highest BCUT2D eigenvalue weighted by Crippen LogP contribution is 2.28. The first-order valence-electron chi connectivity index (χ1n) is 5.36. The van der Waals surface area contributed by atoms with Gasteiger partial charge >= 0.3 is 0 Å². The summed E-state index contributed by atoms with van der Waals surface area (Å²) in [6, 6.07) is 6.47. The quantitative estimate of drug-likeness (QED) is 0.751. The molecule has 1 aliphatic heterocycles. The predicted molar refractivity (Wildman–Crippen MR) is 63.6 cm³/mol. The maximum absolute atomic E-state index is 5.92. The average Bonchev–Trinajstić information content (AvgIpc) is 2.85. The van der Waals surface area contributed by atoms with Crippen LogP contribution in [-0.4, -0.2) is 9.78 Å². The van der Waals surface area contributed by atoms with Gasteiger partial charge in [0.15, 0.2) is 0 Å². The third-order valence-electron chi connectivity index (χ3n) is 3.08. The third kappa shape index (κ3) is 1.31. The molecule has 0 amide bonds.